The molecule has 116 valence electrons. The predicted octanol–water partition coefficient (Wildman–Crippen LogP) is 4.17. The molecule has 0 spiro atoms. The number of H-pyrrole nitrogens is 1. The maximum atomic E-state index is 12.4. The van der Waals surface area contributed by atoms with Gasteiger partial charge >= 0.3 is 5.63 Å². The average Bonchev–Trinajstić information content (AvgIpc) is 3.02. The fourth-order valence-corrected chi connectivity index (χ4v) is 2.72. The van der Waals surface area contributed by atoms with Crippen LogP contribution in [-0.2, 0) is 0 Å². The monoisotopic (exact) mass is 315 g/mol. The number of nitrogens with one attached hydrogen (secondary N) is 1. The Bertz CT molecular complexity index is 1150. The van der Waals surface area contributed by atoms with E-state index in [0.717, 1.165) is 21.9 Å². The molecule has 0 aliphatic carbocycles. The largest absolute Gasteiger partial charge is 0.422 e. The number of hydrogen-bond acceptors (Lipinski definition) is 3. The third-order valence-corrected chi connectivity index (χ3v) is 3.94. The number of carbonyl (C=O) groups is 1. The standard InChI is InChI=1S/C20H13NO3/c22-18(10-9-14-12-21-17-7-3-2-6-15(14)17)16-11-13-5-1-4-8-19(13)24-20(16)23/h1-12,21H/b10-9+. The van der Waals surface area contributed by atoms with Crippen molar-refractivity contribution >= 4 is 33.7 Å². The molecule has 2 aromatic carbocycles. The van der Waals surface area contributed by atoms with E-state index in [1.54, 1.807) is 30.3 Å². The van der Waals surface area contributed by atoms with Gasteiger partial charge in [0.15, 0.2) is 5.78 Å². The quantitative estimate of drug-likeness (QED) is 0.350. The summed E-state index contributed by atoms with van der Waals surface area (Å²) in [4.78, 5) is 27.5. The normalized spacial score (nSPS) is 11.5. The first-order valence-electron chi connectivity index (χ1n) is 7.54. The smallest absolute Gasteiger partial charge is 0.347 e. The summed E-state index contributed by atoms with van der Waals surface area (Å²) in [7, 11) is 0. The maximum Gasteiger partial charge on any atom is 0.347 e. The molecule has 0 amide bonds. The summed E-state index contributed by atoms with van der Waals surface area (Å²) in [5.74, 6) is -0.375. The Labute approximate surface area is 137 Å². The van der Waals surface area contributed by atoms with Crippen LogP contribution in [0.4, 0.5) is 0 Å². The molecule has 0 aliphatic heterocycles. The van der Waals surface area contributed by atoms with Gasteiger partial charge in [0, 0.05) is 22.5 Å². The molecule has 24 heavy (non-hydrogen) atoms. The third-order valence-electron chi connectivity index (χ3n) is 3.94. The van der Waals surface area contributed by atoms with Gasteiger partial charge in [-0.25, -0.2) is 4.79 Å². The number of carbonyl (C=O) groups excluding carboxylic acids is 1. The van der Waals surface area contributed by atoms with Crippen molar-refractivity contribution in [2.45, 2.75) is 0 Å². The molecular weight excluding hydrogens is 302 g/mol. The van der Waals surface area contributed by atoms with Crippen LogP contribution in [0.15, 0.2) is 76.1 Å². The summed E-state index contributed by atoms with van der Waals surface area (Å²) >= 11 is 0. The Morgan fingerprint density at radius 1 is 1.04 bits per heavy atom. The first kappa shape index (κ1) is 14.2. The van der Waals surface area contributed by atoms with Crippen LogP contribution in [0.2, 0.25) is 0 Å². The highest BCUT2D eigenvalue weighted by Crippen LogP contribution is 2.19. The number of hydrogen-bond donors (Lipinski definition) is 1. The van der Waals surface area contributed by atoms with E-state index in [0.29, 0.717) is 5.58 Å². The van der Waals surface area contributed by atoms with E-state index in [1.165, 1.54) is 6.08 Å². The molecule has 0 atom stereocenters. The second-order valence-electron chi connectivity index (χ2n) is 5.47. The van der Waals surface area contributed by atoms with Gasteiger partial charge in [-0.15, -0.1) is 0 Å². The lowest BCUT2D eigenvalue weighted by Crippen LogP contribution is -2.11. The van der Waals surface area contributed by atoms with Crippen molar-refractivity contribution in [3.63, 3.8) is 0 Å². The molecule has 1 N–H and O–H groups in total. The summed E-state index contributed by atoms with van der Waals surface area (Å²) in [6, 6.07) is 16.5. The van der Waals surface area contributed by atoms with Gasteiger partial charge in [0.05, 0.1) is 0 Å². The second kappa shape index (κ2) is 5.66. The lowest BCUT2D eigenvalue weighted by molar-refractivity contribution is 0.104. The zero-order valence-corrected chi connectivity index (χ0v) is 12.7. The third kappa shape index (κ3) is 2.44. The molecule has 0 bridgehead atoms. The minimum Gasteiger partial charge on any atom is -0.422 e. The molecular formula is C20H13NO3. The fraction of sp³-hybridized carbons (Fsp3) is 0. The van der Waals surface area contributed by atoms with Crippen LogP contribution in [0.25, 0.3) is 27.9 Å². The van der Waals surface area contributed by atoms with Crippen LogP contribution < -0.4 is 5.63 Å². The first-order valence-corrected chi connectivity index (χ1v) is 7.54. The molecule has 4 nitrogen and oxygen atoms in total. The number of aromatic amines is 1. The highest BCUT2D eigenvalue weighted by atomic mass is 16.4. The predicted molar refractivity (Wildman–Crippen MR) is 94.1 cm³/mol. The van der Waals surface area contributed by atoms with Gasteiger partial charge in [-0.3, -0.25) is 4.79 Å². The number of rotatable bonds is 3. The average molecular weight is 315 g/mol. The van der Waals surface area contributed by atoms with Gasteiger partial charge in [0.2, 0.25) is 0 Å². The molecule has 2 heterocycles. The molecule has 4 heteroatoms. The van der Waals surface area contributed by atoms with Crippen LogP contribution in [0.5, 0.6) is 0 Å². The van der Waals surface area contributed by atoms with Crippen LogP contribution in [0, 0.1) is 0 Å². The van der Waals surface area contributed by atoms with E-state index < -0.39 is 5.63 Å². The van der Waals surface area contributed by atoms with Gasteiger partial charge in [-0.1, -0.05) is 36.4 Å². The number of benzene rings is 2. The van der Waals surface area contributed by atoms with Crippen molar-refractivity contribution in [3.05, 3.63) is 88.4 Å². The van der Waals surface area contributed by atoms with Crippen molar-refractivity contribution < 1.29 is 9.21 Å². The Kier molecular flexibility index (Phi) is 3.35. The molecule has 0 unspecified atom stereocenters. The molecule has 0 radical (unpaired) electrons. The van der Waals surface area contributed by atoms with Gasteiger partial charge in [0.1, 0.15) is 11.1 Å². The molecule has 0 fully saturated rings. The van der Waals surface area contributed by atoms with Crippen molar-refractivity contribution in [3.8, 4) is 0 Å². The highest BCUT2D eigenvalue weighted by molar-refractivity contribution is 6.08. The summed E-state index contributed by atoms with van der Waals surface area (Å²) < 4.78 is 5.20. The van der Waals surface area contributed by atoms with E-state index in [4.69, 9.17) is 4.42 Å². The van der Waals surface area contributed by atoms with E-state index in [9.17, 15) is 9.59 Å². The van der Waals surface area contributed by atoms with E-state index in [-0.39, 0.29) is 11.3 Å². The number of para-hydroxylation sites is 2. The van der Waals surface area contributed by atoms with Crippen LogP contribution in [0.1, 0.15) is 15.9 Å². The summed E-state index contributed by atoms with van der Waals surface area (Å²) in [6.45, 7) is 0. The molecule has 4 aromatic rings. The van der Waals surface area contributed by atoms with Gasteiger partial charge in [-0.2, -0.15) is 0 Å². The number of ketones is 1. The minimum absolute atomic E-state index is 0.0322. The van der Waals surface area contributed by atoms with Crippen molar-refractivity contribution in [1.29, 1.82) is 0 Å². The number of aromatic nitrogens is 1. The fourth-order valence-electron chi connectivity index (χ4n) is 2.72. The van der Waals surface area contributed by atoms with E-state index >= 15 is 0 Å². The highest BCUT2D eigenvalue weighted by Gasteiger charge is 2.11. The van der Waals surface area contributed by atoms with Crippen LogP contribution in [0.3, 0.4) is 0 Å². The van der Waals surface area contributed by atoms with Crippen molar-refractivity contribution in [2.24, 2.45) is 0 Å². The zero-order valence-electron chi connectivity index (χ0n) is 12.7. The van der Waals surface area contributed by atoms with Crippen molar-refractivity contribution in [1.82, 2.24) is 4.98 Å². The number of allylic oxidation sites excluding steroid dienone is 1. The van der Waals surface area contributed by atoms with E-state index in [2.05, 4.69) is 4.98 Å². The Balaban J connectivity index is 1.71. The molecule has 0 saturated heterocycles. The van der Waals surface area contributed by atoms with Crippen LogP contribution in [-0.4, -0.2) is 10.8 Å². The van der Waals surface area contributed by atoms with Crippen molar-refractivity contribution in [2.75, 3.05) is 0 Å². The van der Waals surface area contributed by atoms with Gasteiger partial charge in [-0.05, 0) is 35.9 Å². The lowest BCUT2D eigenvalue weighted by Gasteiger charge is -1.98. The molecule has 0 aliphatic rings. The Hall–Kier alpha value is -3.40. The summed E-state index contributed by atoms with van der Waals surface area (Å²) in [5, 5.41) is 1.74. The second-order valence-corrected chi connectivity index (χ2v) is 5.47. The molecule has 0 saturated carbocycles. The maximum absolute atomic E-state index is 12.4. The zero-order chi connectivity index (χ0) is 16.5. The van der Waals surface area contributed by atoms with Gasteiger partial charge < -0.3 is 9.40 Å². The number of fused-ring (bicyclic) bond motifs is 2. The molecule has 2 aromatic heterocycles. The lowest BCUT2D eigenvalue weighted by atomic mass is 10.1. The Morgan fingerprint density at radius 3 is 2.75 bits per heavy atom. The van der Waals surface area contributed by atoms with Crippen LogP contribution >= 0.6 is 0 Å². The molecule has 4 rings (SSSR count). The van der Waals surface area contributed by atoms with E-state index in [1.807, 2.05) is 36.5 Å². The minimum atomic E-state index is -0.623. The first-order chi connectivity index (χ1) is 11.7. The summed E-state index contributed by atoms with van der Waals surface area (Å²) in [5.41, 5.74) is 1.77. The topological polar surface area (TPSA) is 63.1 Å². The summed E-state index contributed by atoms with van der Waals surface area (Å²) in [6.07, 6.45) is 4.93. The van der Waals surface area contributed by atoms with Gasteiger partial charge in [0.25, 0.3) is 0 Å². The Morgan fingerprint density at radius 2 is 1.83 bits per heavy atom. The SMILES string of the molecule is O=C(/C=C/c1c[nH]c2ccccc12)c1cc2ccccc2oc1=O.